The molecule has 0 bridgehead atoms. The number of nitrogens with zero attached hydrogens (tertiary/aromatic N) is 1. The van der Waals surface area contributed by atoms with E-state index in [9.17, 15) is 0 Å². The molecule has 1 aromatic rings. The Morgan fingerprint density at radius 3 is 2.46 bits per heavy atom. The number of anilines is 1. The van der Waals surface area contributed by atoms with Crippen LogP contribution >= 0.6 is 27.5 Å². The monoisotopic (exact) mass is 261 g/mol. The van der Waals surface area contributed by atoms with Gasteiger partial charge in [0.15, 0.2) is 0 Å². The lowest BCUT2D eigenvalue weighted by atomic mass is 10.3. The van der Waals surface area contributed by atoms with E-state index in [-0.39, 0.29) is 0 Å². The highest BCUT2D eigenvalue weighted by molar-refractivity contribution is 9.10. The van der Waals surface area contributed by atoms with Gasteiger partial charge in [-0.15, -0.1) is 0 Å². The predicted molar refractivity (Wildman–Crippen MR) is 62.7 cm³/mol. The van der Waals surface area contributed by atoms with Crippen molar-refractivity contribution in [1.29, 1.82) is 0 Å². The maximum Gasteiger partial charge on any atom is 0.0525 e. The number of hydrogen-bond donors (Lipinski definition) is 0. The lowest BCUT2D eigenvalue weighted by Gasteiger charge is -2.22. The van der Waals surface area contributed by atoms with E-state index in [1.54, 1.807) is 0 Å². The molecule has 0 fully saturated rings. The van der Waals surface area contributed by atoms with Gasteiger partial charge in [0.05, 0.1) is 5.69 Å². The second-order valence-corrected chi connectivity index (χ2v) is 4.06. The Kier molecular flexibility index (Phi) is 4.07. The molecule has 1 aromatic carbocycles. The fourth-order valence-corrected chi connectivity index (χ4v) is 1.96. The lowest BCUT2D eigenvalue weighted by Crippen LogP contribution is -2.22. The standard InChI is InChI=1S/C10H13BrClN/c1-3-13(4-2)10-7-8(12)5-6-9(10)11/h5-7H,3-4H2,1-2H3. The minimum atomic E-state index is 0.783. The van der Waals surface area contributed by atoms with Gasteiger partial charge in [-0.1, -0.05) is 11.6 Å². The zero-order valence-electron chi connectivity index (χ0n) is 7.85. The van der Waals surface area contributed by atoms with Gasteiger partial charge in [0.1, 0.15) is 0 Å². The molecule has 0 saturated carbocycles. The Balaban J connectivity index is 3.03. The molecule has 0 unspecified atom stereocenters. The lowest BCUT2D eigenvalue weighted by molar-refractivity contribution is 0.864. The van der Waals surface area contributed by atoms with Gasteiger partial charge in [-0.2, -0.15) is 0 Å². The molecule has 0 spiro atoms. The molecule has 13 heavy (non-hydrogen) atoms. The zero-order valence-corrected chi connectivity index (χ0v) is 10.2. The molecular weight excluding hydrogens is 249 g/mol. The summed E-state index contributed by atoms with van der Waals surface area (Å²) >= 11 is 9.44. The third-order valence-electron chi connectivity index (χ3n) is 2.01. The quantitative estimate of drug-likeness (QED) is 0.797. The van der Waals surface area contributed by atoms with Crippen LogP contribution < -0.4 is 4.90 Å². The van der Waals surface area contributed by atoms with E-state index in [0.717, 1.165) is 28.3 Å². The van der Waals surface area contributed by atoms with E-state index in [1.165, 1.54) is 0 Å². The van der Waals surface area contributed by atoms with Crippen LogP contribution in [0.4, 0.5) is 5.69 Å². The van der Waals surface area contributed by atoms with Crippen molar-refractivity contribution in [3.8, 4) is 0 Å². The van der Waals surface area contributed by atoms with Crippen molar-refractivity contribution in [2.24, 2.45) is 0 Å². The summed E-state index contributed by atoms with van der Waals surface area (Å²) in [6.45, 7) is 6.26. The van der Waals surface area contributed by atoms with Gasteiger partial charge in [-0.05, 0) is 48.0 Å². The number of benzene rings is 1. The number of hydrogen-bond acceptors (Lipinski definition) is 1. The normalized spacial score (nSPS) is 10.2. The summed E-state index contributed by atoms with van der Waals surface area (Å²) in [6.07, 6.45) is 0. The van der Waals surface area contributed by atoms with Crippen LogP contribution in [0, 0.1) is 0 Å². The van der Waals surface area contributed by atoms with Gasteiger partial charge in [0.2, 0.25) is 0 Å². The minimum absolute atomic E-state index is 0.783. The summed E-state index contributed by atoms with van der Waals surface area (Å²) in [6, 6.07) is 5.85. The third-order valence-corrected chi connectivity index (χ3v) is 2.92. The van der Waals surface area contributed by atoms with E-state index in [4.69, 9.17) is 11.6 Å². The van der Waals surface area contributed by atoms with Gasteiger partial charge >= 0.3 is 0 Å². The van der Waals surface area contributed by atoms with Gasteiger partial charge in [-0.25, -0.2) is 0 Å². The van der Waals surface area contributed by atoms with Gasteiger partial charge in [0.25, 0.3) is 0 Å². The van der Waals surface area contributed by atoms with Crippen molar-refractivity contribution in [3.63, 3.8) is 0 Å². The molecule has 0 aliphatic carbocycles. The highest BCUT2D eigenvalue weighted by Gasteiger charge is 2.06. The van der Waals surface area contributed by atoms with Crippen molar-refractivity contribution in [2.45, 2.75) is 13.8 Å². The van der Waals surface area contributed by atoms with E-state index >= 15 is 0 Å². The van der Waals surface area contributed by atoms with Crippen molar-refractivity contribution in [3.05, 3.63) is 27.7 Å². The van der Waals surface area contributed by atoms with E-state index in [2.05, 4.69) is 34.7 Å². The molecule has 0 radical (unpaired) electrons. The zero-order chi connectivity index (χ0) is 9.84. The number of halogens is 2. The Bertz CT molecular complexity index is 284. The van der Waals surface area contributed by atoms with E-state index in [0.29, 0.717) is 0 Å². The van der Waals surface area contributed by atoms with Crippen LogP contribution in [-0.2, 0) is 0 Å². The molecule has 0 aliphatic rings. The average molecular weight is 263 g/mol. The summed E-state index contributed by atoms with van der Waals surface area (Å²) in [5.74, 6) is 0. The summed E-state index contributed by atoms with van der Waals surface area (Å²) in [4.78, 5) is 2.26. The Labute approximate surface area is 92.8 Å². The molecular formula is C10H13BrClN. The highest BCUT2D eigenvalue weighted by atomic mass is 79.9. The molecule has 0 atom stereocenters. The molecule has 0 aliphatic heterocycles. The minimum Gasteiger partial charge on any atom is -0.371 e. The first-order chi connectivity index (χ1) is 6.19. The summed E-state index contributed by atoms with van der Waals surface area (Å²) in [5.41, 5.74) is 1.16. The molecule has 0 N–H and O–H groups in total. The fraction of sp³-hybridized carbons (Fsp3) is 0.400. The van der Waals surface area contributed by atoms with Crippen molar-refractivity contribution in [1.82, 2.24) is 0 Å². The third kappa shape index (κ3) is 2.61. The molecule has 0 saturated heterocycles. The average Bonchev–Trinajstić information content (AvgIpc) is 2.13. The van der Waals surface area contributed by atoms with Crippen LogP contribution in [0.25, 0.3) is 0 Å². The first-order valence-corrected chi connectivity index (χ1v) is 5.56. The van der Waals surface area contributed by atoms with Crippen molar-refractivity contribution >= 4 is 33.2 Å². The molecule has 1 rings (SSSR count). The van der Waals surface area contributed by atoms with Crippen LogP contribution in [0.5, 0.6) is 0 Å². The maximum absolute atomic E-state index is 5.93. The van der Waals surface area contributed by atoms with Crippen LogP contribution in [-0.4, -0.2) is 13.1 Å². The fourth-order valence-electron chi connectivity index (χ4n) is 1.29. The molecule has 0 heterocycles. The SMILES string of the molecule is CCN(CC)c1cc(Cl)ccc1Br. The summed E-state index contributed by atoms with van der Waals surface area (Å²) in [7, 11) is 0. The molecule has 0 aromatic heterocycles. The smallest absolute Gasteiger partial charge is 0.0525 e. The maximum atomic E-state index is 5.93. The second kappa shape index (κ2) is 4.87. The molecule has 3 heteroatoms. The van der Waals surface area contributed by atoms with Gasteiger partial charge < -0.3 is 4.90 Å². The summed E-state index contributed by atoms with van der Waals surface area (Å²) in [5, 5.41) is 0.783. The van der Waals surface area contributed by atoms with Gasteiger partial charge in [0, 0.05) is 22.6 Å². The summed E-state index contributed by atoms with van der Waals surface area (Å²) < 4.78 is 1.10. The van der Waals surface area contributed by atoms with E-state index < -0.39 is 0 Å². The second-order valence-electron chi connectivity index (χ2n) is 2.77. The molecule has 72 valence electrons. The first kappa shape index (κ1) is 10.9. The predicted octanol–water partition coefficient (Wildman–Crippen LogP) is 3.95. The highest BCUT2D eigenvalue weighted by Crippen LogP contribution is 2.28. The number of rotatable bonds is 3. The molecule has 0 amide bonds. The topological polar surface area (TPSA) is 3.24 Å². The Morgan fingerprint density at radius 1 is 1.31 bits per heavy atom. The van der Waals surface area contributed by atoms with Crippen LogP contribution in [0.15, 0.2) is 22.7 Å². The Morgan fingerprint density at radius 2 is 1.92 bits per heavy atom. The van der Waals surface area contributed by atoms with Crippen molar-refractivity contribution in [2.75, 3.05) is 18.0 Å². The van der Waals surface area contributed by atoms with E-state index in [1.807, 2.05) is 18.2 Å². The van der Waals surface area contributed by atoms with Crippen LogP contribution in [0.1, 0.15) is 13.8 Å². The van der Waals surface area contributed by atoms with Crippen LogP contribution in [0.3, 0.4) is 0 Å². The van der Waals surface area contributed by atoms with Crippen LogP contribution in [0.2, 0.25) is 5.02 Å². The van der Waals surface area contributed by atoms with Gasteiger partial charge in [-0.3, -0.25) is 0 Å². The molecule has 1 nitrogen and oxygen atoms in total. The largest absolute Gasteiger partial charge is 0.371 e. The van der Waals surface area contributed by atoms with Crippen molar-refractivity contribution < 1.29 is 0 Å². The Hall–Kier alpha value is -0.210. The first-order valence-electron chi connectivity index (χ1n) is 4.39.